The zero-order chi connectivity index (χ0) is 14.0. The maximum atomic E-state index is 9.29. The molecule has 3 nitrogen and oxygen atoms in total. The van der Waals surface area contributed by atoms with Gasteiger partial charge in [-0.2, -0.15) is 0 Å². The monoisotopic (exact) mass is 274 g/mol. The van der Waals surface area contributed by atoms with Crippen LogP contribution in [0.25, 0.3) is 0 Å². The predicted molar refractivity (Wildman–Crippen MR) is 79.2 cm³/mol. The van der Waals surface area contributed by atoms with Crippen LogP contribution < -0.4 is 5.73 Å². The van der Waals surface area contributed by atoms with Gasteiger partial charge in [-0.25, -0.2) is 0 Å². The SMILES string of the molecule is Cc1cc(N)c(C(=NO)c2ccc(Cl)cc2)cc1C. The molecule has 0 saturated heterocycles. The highest BCUT2D eigenvalue weighted by Crippen LogP contribution is 2.22. The van der Waals surface area contributed by atoms with Crippen LogP contribution in [-0.4, -0.2) is 10.9 Å². The van der Waals surface area contributed by atoms with E-state index in [1.165, 1.54) is 0 Å². The second-order valence-corrected chi connectivity index (χ2v) is 4.92. The topological polar surface area (TPSA) is 58.6 Å². The predicted octanol–water partition coefficient (Wildman–Crippen LogP) is 3.77. The third kappa shape index (κ3) is 2.71. The van der Waals surface area contributed by atoms with Crippen molar-refractivity contribution in [1.82, 2.24) is 0 Å². The minimum atomic E-state index is 0.442. The van der Waals surface area contributed by atoms with Crippen molar-refractivity contribution >= 4 is 23.0 Å². The van der Waals surface area contributed by atoms with Crippen molar-refractivity contribution in [2.45, 2.75) is 13.8 Å². The molecule has 98 valence electrons. The van der Waals surface area contributed by atoms with Crippen LogP contribution in [-0.2, 0) is 0 Å². The Morgan fingerprint density at radius 2 is 1.68 bits per heavy atom. The largest absolute Gasteiger partial charge is 0.410 e. The van der Waals surface area contributed by atoms with Crippen molar-refractivity contribution in [2.75, 3.05) is 5.73 Å². The molecule has 0 bridgehead atoms. The summed E-state index contributed by atoms with van der Waals surface area (Å²) in [7, 11) is 0. The highest BCUT2D eigenvalue weighted by molar-refractivity contribution is 6.30. The lowest BCUT2D eigenvalue weighted by Gasteiger charge is -2.11. The molecule has 0 aliphatic carbocycles. The average Bonchev–Trinajstić information content (AvgIpc) is 2.38. The molecule has 0 heterocycles. The summed E-state index contributed by atoms with van der Waals surface area (Å²) in [5, 5.41) is 13.3. The van der Waals surface area contributed by atoms with Crippen molar-refractivity contribution in [3.8, 4) is 0 Å². The zero-order valence-electron chi connectivity index (χ0n) is 10.8. The van der Waals surface area contributed by atoms with Crippen molar-refractivity contribution in [2.24, 2.45) is 5.16 Å². The number of hydrogen-bond donors (Lipinski definition) is 2. The van der Waals surface area contributed by atoms with Crippen LogP contribution in [0.2, 0.25) is 5.02 Å². The van der Waals surface area contributed by atoms with Crippen LogP contribution in [0.5, 0.6) is 0 Å². The van der Waals surface area contributed by atoms with Crippen LogP contribution in [0.1, 0.15) is 22.3 Å². The molecule has 0 unspecified atom stereocenters. The highest BCUT2D eigenvalue weighted by Gasteiger charge is 2.12. The summed E-state index contributed by atoms with van der Waals surface area (Å²) in [4.78, 5) is 0. The fourth-order valence-corrected chi connectivity index (χ4v) is 2.04. The van der Waals surface area contributed by atoms with Gasteiger partial charge in [-0.05, 0) is 49.2 Å². The number of aryl methyl sites for hydroxylation is 2. The molecule has 2 aromatic rings. The minimum absolute atomic E-state index is 0.442. The number of benzene rings is 2. The Labute approximate surface area is 117 Å². The first-order chi connectivity index (χ1) is 9.02. The fourth-order valence-electron chi connectivity index (χ4n) is 1.92. The molecule has 2 rings (SSSR count). The number of anilines is 1. The quantitative estimate of drug-likeness (QED) is 0.379. The lowest BCUT2D eigenvalue weighted by molar-refractivity contribution is 0.319. The van der Waals surface area contributed by atoms with Crippen LogP contribution in [0.15, 0.2) is 41.6 Å². The maximum Gasteiger partial charge on any atom is 0.119 e. The highest BCUT2D eigenvalue weighted by atomic mass is 35.5. The number of nitrogens with zero attached hydrogens (tertiary/aromatic N) is 1. The summed E-state index contributed by atoms with van der Waals surface area (Å²) in [6.45, 7) is 3.99. The molecule has 0 saturated carbocycles. The Morgan fingerprint density at radius 3 is 2.26 bits per heavy atom. The van der Waals surface area contributed by atoms with E-state index in [-0.39, 0.29) is 0 Å². The summed E-state index contributed by atoms with van der Waals surface area (Å²) in [5.41, 5.74) is 10.7. The van der Waals surface area contributed by atoms with E-state index in [1.54, 1.807) is 24.3 Å². The molecule has 0 aliphatic rings. The Morgan fingerprint density at radius 1 is 1.11 bits per heavy atom. The molecular formula is C15H15ClN2O. The molecule has 2 aromatic carbocycles. The van der Waals surface area contributed by atoms with Gasteiger partial charge in [0, 0.05) is 21.8 Å². The lowest BCUT2D eigenvalue weighted by atomic mass is 9.97. The van der Waals surface area contributed by atoms with Gasteiger partial charge in [0.05, 0.1) is 0 Å². The van der Waals surface area contributed by atoms with E-state index in [4.69, 9.17) is 17.3 Å². The van der Waals surface area contributed by atoms with Crippen molar-refractivity contribution in [1.29, 1.82) is 0 Å². The first kappa shape index (κ1) is 13.4. The number of halogens is 1. The molecule has 0 aromatic heterocycles. The van der Waals surface area contributed by atoms with Gasteiger partial charge in [0.15, 0.2) is 0 Å². The third-order valence-electron chi connectivity index (χ3n) is 3.14. The normalized spacial score (nSPS) is 11.6. The molecule has 4 heteroatoms. The number of oxime groups is 1. The molecule has 19 heavy (non-hydrogen) atoms. The summed E-state index contributed by atoms with van der Waals surface area (Å²) in [6.07, 6.45) is 0. The van der Waals surface area contributed by atoms with E-state index in [1.807, 2.05) is 26.0 Å². The Balaban J connectivity index is 2.55. The Kier molecular flexibility index (Phi) is 3.76. The van der Waals surface area contributed by atoms with Crippen LogP contribution in [0.3, 0.4) is 0 Å². The summed E-state index contributed by atoms with van der Waals surface area (Å²) < 4.78 is 0. The maximum absolute atomic E-state index is 9.29. The molecule has 0 aliphatic heterocycles. The van der Waals surface area contributed by atoms with Gasteiger partial charge >= 0.3 is 0 Å². The molecule has 3 N–H and O–H groups in total. The molecular weight excluding hydrogens is 260 g/mol. The lowest BCUT2D eigenvalue weighted by Crippen LogP contribution is -2.08. The van der Waals surface area contributed by atoms with Gasteiger partial charge < -0.3 is 10.9 Å². The van der Waals surface area contributed by atoms with Crippen LogP contribution >= 0.6 is 11.6 Å². The molecule has 0 radical (unpaired) electrons. The first-order valence-electron chi connectivity index (χ1n) is 5.88. The smallest absolute Gasteiger partial charge is 0.119 e. The third-order valence-corrected chi connectivity index (χ3v) is 3.39. The van der Waals surface area contributed by atoms with E-state index in [9.17, 15) is 5.21 Å². The summed E-state index contributed by atoms with van der Waals surface area (Å²) in [6, 6.07) is 10.9. The van der Waals surface area contributed by atoms with Crippen molar-refractivity contribution in [3.63, 3.8) is 0 Å². The molecule has 0 spiro atoms. The standard InChI is InChI=1S/C15H15ClN2O/c1-9-7-13(14(17)8-10(9)2)15(18-19)11-3-5-12(16)6-4-11/h3-8,19H,17H2,1-2H3. The van der Waals surface area contributed by atoms with E-state index < -0.39 is 0 Å². The van der Waals surface area contributed by atoms with Gasteiger partial charge in [0.2, 0.25) is 0 Å². The summed E-state index contributed by atoms with van der Waals surface area (Å²) >= 11 is 5.86. The fraction of sp³-hybridized carbons (Fsp3) is 0.133. The Bertz CT molecular complexity index is 633. The van der Waals surface area contributed by atoms with Gasteiger partial charge in [0.1, 0.15) is 5.71 Å². The van der Waals surface area contributed by atoms with E-state index >= 15 is 0 Å². The number of rotatable bonds is 2. The molecule has 0 atom stereocenters. The van der Waals surface area contributed by atoms with Crippen molar-refractivity contribution in [3.05, 3.63) is 63.7 Å². The van der Waals surface area contributed by atoms with Gasteiger partial charge in [-0.3, -0.25) is 0 Å². The zero-order valence-corrected chi connectivity index (χ0v) is 11.6. The van der Waals surface area contributed by atoms with Gasteiger partial charge in [-0.1, -0.05) is 28.9 Å². The van der Waals surface area contributed by atoms with E-state index in [2.05, 4.69) is 5.16 Å². The second-order valence-electron chi connectivity index (χ2n) is 4.48. The second kappa shape index (κ2) is 5.33. The Hall–Kier alpha value is -2.00. The van der Waals surface area contributed by atoms with Gasteiger partial charge in [0.25, 0.3) is 0 Å². The number of hydrogen-bond acceptors (Lipinski definition) is 3. The molecule has 0 amide bonds. The van der Waals surface area contributed by atoms with Crippen molar-refractivity contribution < 1.29 is 5.21 Å². The van der Waals surface area contributed by atoms with Crippen LogP contribution in [0, 0.1) is 13.8 Å². The first-order valence-corrected chi connectivity index (χ1v) is 6.26. The van der Waals surface area contributed by atoms with E-state index in [0.29, 0.717) is 22.0 Å². The van der Waals surface area contributed by atoms with Crippen LogP contribution in [0.4, 0.5) is 5.69 Å². The summed E-state index contributed by atoms with van der Waals surface area (Å²) in [5.74, 6) is 0. The van der Waals surface area contributed by atoms with Gasteiger partial charge in [-0.15, -0.1) is 0 Å². The number of nitrogen functional groups attached to an aromatic ring is 1. The van der Waals surface area contributed by atoms with E-state index in [0.717, 1.165) is 16.7 Å². The molecule has 0 fully saturated rings. The minimum Gasteiger partial charge on any atom is -0.410 e. The average molecular weight is 275 g/mol. The number of nitrogens with two attached hydrogens (primary N) is 1.